The molecule has 0 bridgehead atoms. The molecule has 2 aromatic rings. The summed E-state index contributed by atoms with van der Waals surface area (Å²) in [7, 11) is 1.59. The number of carbonyl (C=O) groups is 2. The lowest BCUT2D eigenvalue weighted by atomic mass is 9.71. The standard InChI is InChI=1S/C23H25F2N3O5/c1-12(2)27-11-23(7-15(8-23)33-3)28-10-16(19(29)20(30)18(28)22(27)32)21(31)26-9-13-4-5-14(24)6-17(13)25/h4-6,10,12,15,30H,7-9,11H2,1-3H3,(H,26,31)/t15-,23+. The lowest BCUT2D eigenvalue weighted by Gasteiger charge is -2.54. The summed E-state index contributed by atoms with van der Waals surface area (Å²) in [6.07, 6.45) is 2.31. The highest BCUT2D eigenvalue weighted by Crippen LogP contribution is 2.46. The minimum atomic E-state index is -0.991. The zero-order valence-corrected chi connectivity index (χ0v) is 18.5. The number of aromatic hydroxyl groups is 1. The predicted molar refractivity (Wildman–Crippen MR) is 114 cm³/mol. The first-order chi connectivity index (χ1) is 15.6. The van der Waals surface area contributed by atoms with Crippen LogP contribution in [0.25, 0.3) is 0 Å². The molecule has 1 aliphatic heterocycles. The number of ether oxygens (including phenoxy) is 1. The Hall–Kier alpha value is -3.27. The van der Waals surface area contributed by atoms with Crippen molar-refractivity contribution in [2.45, 2.75) is 50.9 Å². The molecule has 1 aromatic carbocycles. The molecule has 1 fully saturated rings. The number of nitrogens with zero attached hydrogens (tertiary/aromatic N) is 2. The Morgan fingerprint density at radius 3 is 2.61 bits per heavy atom. The molecule has 1 saturated carbocycles. The third-order valence-corrected chi connectivity index (χ3v) is 6.49. The van der Waals surface area contributed by atoms with Gasteiger partial charge in [0.1, 0.15) is 17.2 Å². The van der Waals surface area contributed by atoms with Crippen molar-refractivity contribution in [3.05, 3.63) is 63.1 Å². The van der Waals surface area contributed by atoms with Crippen molar-refractivity contribution >= 4 is 11.8 Å². The van der Waals surface area contributed by atoms with Crippen LogP contribution in [0.15, 0.2) is 29.2 Å². The Bertz CT molecular complexity index is 1190. The molecule has 2 amide bonds. The van der Waals surface area contributed by atoms with E-state index >= 15 is 0 Å². The summed E-state index contributed by atoms with van der Waals surface area (Å²) in [5, 5.41) is 13.1. The number of aromatic nitrogens is 1. The zero-order valence-electron chi connectivity index (χ0n) is 18.5. The Morgan fingerprint density at radius 2 is 2.00 bits per heavy atom. The zero-order chi connectivity index (χ0) is 24.1. The van der Waals surface area contributed by atoms with Crippen LogP contribution in [-0.4, -0.2) is 52.2 Å². The van der Waals surface area contributed by atoms with E-state index in [9.17, 15) is 28.3 Å². The summed E-state index contributed by atoms with van der Waals surface area (Å²) in [6.45, 7) is 3.75. The van der Waals surface area contributed by atoms with Crippen molar-refractivity contribution < 1.29 is 28.2 Å². The average molecular weight is 461 g/mol. The van der Waals surface area contributed by atoms with Crippen molar-refractivity contribution in [1.82, 2.24) is 14.8 Å². The molecule has 1 aromatic heterocycles. The summed E-state index contributed by atoms with van der Waals surface area (Å²) >= 11 is 0. The maximum absolute atomic E-state index is 13.9. The highest BCUT2D eigenvalue weighted by Gasteiger charge is 2.53. The molecule has 176 valence electrons. The number of hydrogen-bond donors (Lipinski definition) is 2. The molecule has 2 N–H and O–H groups in total. The van der Waals surface area contributed by atoms with Gasteiger partial charge < -0.3 is 24.6 Å². The molecule has 2 aliphatic rings. The minimum absolute atomic E-state index is 0.0354. The molecule has 33 heavy (non-hydrogen) atoms. The van der Waals surface area contributed by atoms with Crippen molar-refractivity contribution in [2.24, 2.45) is 0 Å². The van der Waals surface area contributed by atoms with E-state index in [0.717, 1.165) is 6.07 Å². The van der Waals surface area contributed by atoms with Gasteiger partial charge in [0.05, 0.1) is 11.6 Å². The van der Waals surface area contributed by atoms with Gasteiger partial charge in [0.25, 0.3) is 11.8 Å². The lowest BCUT2D eigenvalue weighted by molar-refractivity contribution is -0.0728. The lowest BCUT2D eigenvalue weighted by Crippen LogP contribution is -2.63. The molecular formula is C23H25F2N3O5. The first kappa shape index (κ1) is 22.9. The quantitative estimate of drug-likeness (QED) is 0.711. The smallest absolute Gasteiger partial charge is 0.274 e. The maximum atomic E-state index is 13.9. The fraction of sp³-hybridized carbons (Fsp3) is 0.435. The Kier molecular flexibility index (Phi) is 5.73. The van der Waals surface area contributed by atoms with Gasteiger partial charge in [-0.25, -0.2) is 8.78 Å². The van der Waals surface area contributed by atoms with Crippen molar-refractivity contribution in [3.8, 4) is 5.75 Å². The number of hydrogen-bond acceptors (Lipinski definition) is 5. The second kappa shape index (κ2) is 8.26. The van der Waals surface area contributed by atoms with Crippen LogP contribution in [0.3, 0.4) is 0 Å². The SMILES string of the molecule is CO[C@H]1C[C@]2(CN(C(C)C)C(=O)c3c(O)c(=O)c(C(=O)NCc4ccc(F)cc4F)cn32)C1. The van der Waals surface area contributed by atoms with Crippen molar-refractivity contribution in [3.63, 3.8) is 0 Å². The summed E-state index contributed by atoms with van der Waals surface area (Å²) < 4.78 is 33.9. The van der Waals surface area contributed by atoms with Crippen LogP contribution in [0.2, 0.25) is 0 Å². The second-order valence-electron chi connectivity index (χ2n) is 8.87. The van der Waals surface area contributed by atoms with Gasteiger partial charge in [0.15, 0.2) is 11.4 Å². The van der Waals surface area contributed by atoms with Crippen molar-refractivity contribution in [2.75, 3.05) is 13.7 Å². The van der Waals surface area contributed by atoms with Gasteiger partial charge in [-0.2, -0.15) is 0 Å². The van der Waals surface area contributed by atoms with Crippen LogP contribution in [0.5, 0.6) is 5.75 Å². The largest absolute Gasteiger partial charge is 0.503 e. The molecule has 0 atom stereocenters. The van der Waals surface area contributed by atoms with Gasteiger partial charge in [-0.15, -0.1) is 0 Å². The summed E-state index contributed by atoms with van der Waals surface area (Å²) in [6, 6.07) is 2.78. The highest BCUT2D eigenvalue weighted by atomic mass is 19.1. The fourth-order valence-electron chi connectivity index (χ4n) is 4.58. The number of rotatable bonds is 5. The number of pyridine rings is 1. The second-order valence-corrected chi connectivity index (χ2v) is 8.87. The number of amides is 2. The minimum Gasteiger partial charge on any atom is -0.503 e. The Balaban J connectivity index is 1.71. The fourth-order valence-corrected chi connectivity index (χ4v) is 4.58. The third-order valence-electron chi connectivity index (χ3n) is 6.49. The molecule has 10 heteroatoms. The third kappa shape index (κ3) is 3.78. The first-order valence-electron chi connectivity index (χ1n) is 10.6. The van der Waals surface area contributed by atoms with E-state index in [1.807, 2.05) is 13.8 Å². The molecule has 4 rings (SSSR count). The molecule has 8 nitrogen and oxygen atoms in total. The van der Waals surface area contributed by atoms with Gasteiger partial charge in [-0.3, -0.25) is 14.4 Å². The van der Waals surface area contributed by atoms with Crippen LogP contribution in [0.1, 0.15) is 53.1 Å². The van der Waals surface area contributed by atoms with Gasteiger partial charge in [-0.05, 0) is 32.8 Å². The molecular weight excluding hydrogens is 436 g/mol. The van der Waals surface area contributed by atoms with Gasteiger partial charge >= 0.3 is 0 Å². The predicted octanol–water partition coefficient (Wildman–Crippen LogP) is 2.13. The van der Waals surface area contributed by atoms with Crippen LogP contribution >= 0.6 is 0 Å². The topological polar surface area (TPSA) is 101 Å². The number of methoxy groups -OCH3 is 1. The molecule has 1 spiro atoms. The Labute approximate surface area is 188 Å². The monoisotopic (exact) mass is 461 g/mol. The molecule has 0 unspecified atom stereocenters. The van der Waals surface area contributed by atoms with Gasteiger partial charge in [-0.1, -0.05) is 6.07 Å². The van der Waals surface area contributed by atoms with Crippen LogP contribution in [-0.2, 0) is 16.8 Å². The van der Waals surface area contributed by atoms with Crippen LogP contribution in [0, 0.1) is 11.6 Å². The first-order valence-corrected chi connectivity index (χ1v) is 10.6. The summed E-state index contributed by atoms with van der Waals surface area (Å²) in [4.78, 5) is 40.3. The van der Waals surface area contributed by atoms with E-state index in [4.69, 9.17) is 4.74 Å². The average Bonchev–Trinajstić information content (AvgIpc) is 2.73. The van der Waals surface area contributed by atoms with Crippen LogP contribution < -0.4 is 10.7 Å². The van der Waals surface area contributed by atoms with E-state index in [1.165, 1.54) is 16.8 Å². The number of halogens is 2. The Morgan fingerprint density at radius 1 is 1.30 bits per heavy atom. The molecule has 2 heterocycles. The summed E-state index contributed by atoms with van der Waals surface area (Å²) in [5.41, 5.74) is -2.11. The van der Waals surface area contributed by atoms with E-state index < -0.39 is 40.2 Å². The molecule has 0 radical (unpaired) electrons. The number of carbonyl (C=O) groups excluding carboxylic acids is 2. The van der Waals surface area contributed by atoms with E-state index in [-0.39, 0.29) is 35.5 Å². The number of nitrogens with one attached hydrogen (secondary N) is 1. The number of fused-ring (bicyclic) bond motifs is 2. The maximum Gasteiger partial charge on any atom is 0.274 e. The van der Waals surface area contributed by atoms with Crippen LogP contribution in [0.4, 0.5) is 8.78 Å². The normalized spacial score (nSPS) is 21.8. The van der Waals surface area contributed by atoms with E-state index in [2.05, 4.69) is 5.32 Å². The summed E-state index contributed by atoms with van der Waals surface area (Å²) in [5.74, 6) is -3.72. The van der Waals surface area contributed by atoms with Crippen molar-refractivity contribution in [1.29, 1.82) is 0 Å². The van der Waals surface area contributed by atoms with E-state index in [1.54, 1.807) is 12.0 Å². The molecule has 1 aliphatic carbocycles. The van der Waals surface area contributed by atoms with E-state index in [0.29, 0.717) is 25.5 Å². The number of benzene rings is 1. The highest BCUT2D eigenvalue weighted by molar-refractivity contribution is 5.99. The molecule has 0 saturated heterocycles. The van der Waals surface area contributed by atoms with Gasteiger partial charge in [0, 0.05) is 44.1 Å². The van der Waals surface area contributed by atoms with Gasteiger partial charge in [0.2, 0.25) is 5.43 Å².